The van der Waals surface area contributed by atoms with Crippen LogP contribution in [0.1, 0.15) is 5.56 Å². The van der Waals surface area contributed by atoms with Crippen molar-refractivity contribution in [3.8, 4) is 11.1 Å². The zero-order valence-corrected chi connectivity index (χ0v) is 12.2. The second-order valence-electron chi connectivity index (χ2n) is 4.95. The fraction of sp³-hybridized carbons (Fsp3) is 0.133. The number of nitrogens with one attached hydrogen (secondary N) is 1. The number of nitrogens with zero attached hydrogens (tertiary/aromatic N) is 1. The summed E-state index contributed by atoms with van der Waals surface area (Å²) in [6.07, 6.45) is 0. The van der Waals surface area contributed by atoms with E-state index < -0.39 is 16.1 Å². The highest BCUT2D eigenvalue weighted by molar-refractivity contribution is 7.92. The van der Waals surface area contributed by atoms with Gasteiger partial charge in [-0.2, -0.15) is 8.42 Å². The van der Waals surface area contributed by atoms with Gasteiger partial charge in [-0.15, -0.1) is 0 Å². The molecular formula is C15H14N2O3S. The lowest BCUT2D eigenvalue weighted by Gasteiger charge is -2.15. The topological polar surface area (TPSA) is 66.5 Å². The smallest absolute Gasteiger partial charge is 0.272 e. The van der Waals surface area contributed by atoms with E-state index in [1.807, 2.05) is 48.0 Å². The largest absolute Gasteiger partial charge is 0.326 e. The standard InChI is InChI=1S/C15H14N2O3S/c1-11-2-4-12(5-3-11)13-6-8-14(9-7-13)17-10-15(18)16-21(17,19)20/h2-9H,10H2,1H3,(H,16,18). The Morgan fingerprint density at radius 2 is 1.48 bits per heavy atom. The predicted molar refractivity (Wildman–Crippen MR) is 81.0 cm³/mol. The van der Waals surface area contributed by atoms with Crippen LogP contribution < -0.4 is 9.03 Å². The molecule has 0 atom stereocenters. The Labute approximate surface area is 123 Å². The second-order valence-corrected chi connectivity index (χ2v) is 6.54. The molecule has 1 aliphatic rings. The third kappa shape index (κ3) is 2.62. The van der Waals surface area contributed by atoms with E-state index in [2.05, 4.69) is 0 Å². The zero-order valence-electron chi connectivity index (χ0n) is 11.4. The molecule has 0 spiro atoms. The highest BCUT2D eigenvalue weighted by Gasteiger charge is 2.33. The number of hydrogen-bond acceptors (Lipinski definition) is 3. The van der Waals surface area contributed by atoms with E-state index in [-0.39, 0.29) is 6.54 Å². The Kier molecular flexibility index (Phi) is 3.17. The maximum absolute atomic E-state index is 11.8. The van der Waals surface area contributed by atoms with E-state index in [4.69, 9.17) is 0 Å². The van der Waals surface area contributed by atoms with Crippen LogP contribution in [-0.2, 0) is 15.0 Å². The Bertz CT molecular complexity index is 781. The number of hydrogen-bond donors (Lipinski definition) is 1. The molecule has 1 heterocycles. The van der Waals surface area contributed by atoms with Gasteiger partial charge in [0, 0.05) is 0 Å². The molecule has 0 bridgehead atoms. The Morgan fingerprint density at radius 3 is 1.95 bits per heavy atom. The average molecular weight is 302 g/mol. The van der Waals surface area contributed by atoms with E-state index in [0.717, 1.165) is 15.4 Å². The van der Waals surface area contributed by atoms with E-state index in [0.29, 0.717) is 5.69 Å². The molecule has 108 valence electrons. The van der Waals surface area contributed by atoms with Gasteiger partial charge in [0.15, 0.2) is 0 Å². The van der Waals surface area contributed by atoms with Crippen LogP contribution >= 0.6 is 0 Å². The van der Waals surface area contributed by atoms with Crippen LogP contribution in [0.4, 0.5) is 5.69 Å². The number of rotatable bonds is 2. The molecule has 0 unspecified atom stereocenters. The van der Waals surface area contributed by atoms with Crippen molar-refractivity contribution in [1.29, 1.82) is 0 Å². The summed E-state index contributed by atoms with van der Waals surface area (Å²) < 4.78 is 26.5. The molecule has 3 rings (SSSR count). The van der Waals surface area contributed by atoms with Gasteiger partial charge in [0.05, 0.1) is 5.69 Å². The number of anilines is 1. The van der Waals surface area contributed by atoms with Crippen molar-refractivity contribution in [2.75, 3.05) is 10.8 Å². The van der Waals surface area contributed by atoms with Crippen LogP contribution in [0, 0.1) is 6.92 Å². The Morgan fingerprint density at radius 1 is 0.952 bits per heavy atom. The van der Waals surface area contributed by atoms with Crippen molar-refractivity contribution in [3.63, 3.8) is 0 Å². The fourth-order valence-electron chi connectivity index (χ4n) is 2.24. The minimum Gasteiger partial charge on any atom is -0.272 e. The minimum atomic E-state index is -3.74. The zero-order chi connectivity index (χ0) is 15.0. The Hall–Kier alpha value is -2.34. The molecule has 1 aliphatic heterocycles. The highest BCUT2D eigenvalue weighted by atomic mass is 32.2. The van der Waals surface area contributed by atoms with E-state index in [1.54, 1.807) is 12.1 Å². The first-order chi connectivity index (χ1) is 9.95. The van der Waals surface area contributed by atoms with Crippen LogP contribution in [-0.4, -0.2) is 20.9 Å². The summed E-state index contributed by atoms with van der Waals surface area (Å²) in [6.45, 7) is 1.85. The maximum Gasteiger partial charge on any atom is 0.326 e. The van der Waals surface area contributed by atoms with Gasteiger partial charge in [0.2, 0.25) is 0 Å². The van der Waals surface area contributed by atoms with Crippen molar-refractivity contribution in [1.82, 2.24) is 4.72 Å². The highest BCUT2D eigenvalue weighted by Crippen LogP contribution is 2.25. The summed E-state index contributed by atoms with van der Waals surface area (Å²) in [4.78, 5) is 11.2. The average Bonchev–Trinajstić information content (AvgIpc) is 2.73. The lowest BCUT2D eigenvalue weighted by molar-refractivity contribution is -0.117. The van der Waals surface area contributed by atoms with Crippen LogP contribution in [0.5, 0.6) is 0 Å². The summed E-state index contributed by atoms with van der Waals surface area (Å²) in [7, 11) is -3.74. The van der Waals surface area contributed by atoms with Gasteiger partial charge in [0.1, 0.15) is 6.54 Å². The summed E-state index contributed by atoms with van der Waals surface area (Å²) in [5.41, 5.74) is 3.72. The van der Waals surface area contributed by atoms with Crippen LogP contribution in [0.25, 0.3) is 11.1 Å². The first-order valence-electron chi connectivity index (χ1n) is 6.46. The van der Waals surface area contributed by atoms with Crippen molar-refractivity contribution in [3.05, 3.63) is 54.1 Å². The molecule has 1 amide bonds. The summed E-state index contributed by atoms with van der Waals surface area (Å²) >= 11 is 0. The normalized spacial score (nSPS) is 16.8. The summed E-state index contributed by atoms with van der Waals surface area (Å²) in [5.74, 6) is -0.516. The van der Waals surface area contributed by atoms with Gasteiger partial charge in [-0.25, -0.2) is 9.03 Å². The minimum absolute atomic E-state index is 0.174. The number of carbonyl (C=O) groups excluding carboxylic acids is 1. The van der Waals surface area contributed by atoms with Gasteiger partial charge in [-0.05, 0) is 30.2 Å². The van der Waals surface area contributed by atoms with Crippen molar-refractivity contribution < 1.29 is 13.2 Å². The number of benzene rings is 2. The molecule has 2 aromatic carbocycles. The third-order valence-corrected chi connectivity index (χ3v) is 4.77. The lowest BCUT2D eigenvalue weighted by atomic mass is 10.0. The fourth-order valence-corrected chi connectivity index (χ4v) is 3.39. The van der Waals surface area contributed by atoms with E-state index >= 15 is 0 Å². The van der Waals surface area contributed by atoms with E-state index in [1.165, 1.54) is 5.56 Å². The lowest BCUT2D eigenvalue weighted by Crippen LogP contribution is -2.29. The first-order valence-corrected chi connectivity index (χ1v) is 7.90. The molecule has 1 N–H and O–H groups in total. The number of aryl methyl sites for hydroxylation is 1. The molecule has 21 heavy (non-hydrogen) atoms. The third-order valence-electron chi connectivity index (χ3n) is 3.36. The number of carbonyl (C=O) groups is 1. The molecule has 1 fully saturated rings. The number of amides is 1. The first kappa shape index (κ1) is 13.6. The summed E-state index contributed by atoms with van der Waals surface area (Å²) in [5, 5.41) is 0. The summed E-state index contributed by atoms with van der Waals surface area (Å²) in [6, 6.07) is 15.2. The van der Waals surface area contributed by atoms with Crippen molar-refractivity contribution >= 4 is 21.8 Å². The molecular weight excluding hydrogens is 288 g/mol. The molecule has 0 radical (unpaired) electrons. The van der Waals surface area contributed by atoms with Gasteiger partial charge in [-0.3, -0.25) is 4.79 Å². The van der Waals surface area contributed by atoms with Gasteiger partial charge in [-0.1, -0.05) is 42.0 Å². The van der Waals surface area contributed by atoms with Crippen LogP contribution in [0.15, 0.2) is 48.5 Å². The molecule has 0 saturated carbocycles. The molecule has 6 heteroatoms. The SMILES string of the molecule is Cc1ccc(-c2ccc(N3CC(=O)NS3(=O)=O)cc2)cc1. The molecule has 5 nitrogen and oxygen atoms in total. The van der Waals surface area contributed by atoms with Gasteiger partial charge < -0.3 is 0 Å². The van der Waals surface area contributed by atoms with Crippen LogP contribution in [0.3, 0.4) is 0 Å². The Balaban J connectivity index is 1.91. The van der Waals surface area contributed by atoms with Crippen molar-refractivity contribution in [2.24, 2.45) is 0 Å². The van der Waals surface area contributed by atoms with Crippen molar-refractivity contribution in [2.45, 2.75) is 6.92 Å². The maximum atomic E-state index is 11.8. The molecule has 2 aromatic rings. The molecule has 0 aromatic heterocycles. The monoisotopic (exact) mass is 302 g/mol. The quantitative estimate of drug-likeness (QED) is 0.920. The van der Waals surface area contributed by atoms with E-state index in [9.17, 15) is 13.2 Å². The van der Waals surface area contributed by atoms with Crippen LogP contribution in [0.2, 0.25) is 0 Å². The van der Waals surface area contributed by atoms with Gasteiger partial charge in [0.25, 0.3) is 5.91 Å². The second kappa shape index (κ2) is 4.89. The molecule has 0 aliphatic carbocycles. The van der Waals surface area contributed by atoms with Gasteiger partial charge >= 0.3 is 10.2 Å². The predicted octanol–water partition coefficient (Wildman–Crippen LogP) is 1.84. The molecule has 1 saturated heterocycles.